The van der Waals surface area contributed by atoms with E-state index in [-0.39, 0.29) is 0 Å². The molecule has 0 fully saturated rings. The molecule has 0 aliphatic rings. The first-order valence-electron chi connectivity index (χ1n) is 4.94. The van der Waals surface area contributed by atoms with Gasteiger partial charge in [0, 0.05) is 10.6 Å². The van der Waals surface area contributed by atoms with Crippen LogP contribution in [0.4, 0.5) is 5.95 Å². The third-order valence-electron chi connectivity index (χ3n) is 2.13. The largest absolute Gasteiger partial charge is 0.493 e. The second-order valence-corrected chi connectivity index (χ2v) is 3.69. The zero-order valence-electron chi connectivity index (χ0n) is 8.83. The van der Waals surface area contributed by atoms with Crippen molar-refractivity contribution in [2.75, 3.05) is 12.3 Å². The highest BCUT2D eigenvalue weighted by atomic mass is 35.5. The van der Waals surface area contributed by atoms with Crippen LogP contribution in [0.15, 0.2) is 24.4 Å². The normalized spacial score (nSPS) is 10.4. The molecule has 0 unspecified atom stereocenters. The van der Waals surface area contributed by atoms with Gasteiger partial charge >= 0.3 is 0 Å². The van der Waals surface area contributed by atoms with Crippen LogP contribution in [-0.2, 0) is 0 Å². The fourth-order valence-electron chi connectivity index (χ4n) is 1.47. The van der Waals surface area contributed by atoms with Crippen molar-refractivity contribution in [1.82, 2.24) is 9.97 Å². The minimum Gasteiger partial charge on any atom is -0.493 e. The molecule has 3 N–H and O–H groups in total. The second kappa shape index (κ2) is 4.45. The van der Waals surface area contributed by atoms with Crippen molar-refractivity contribution in [3.8, 4) is 17.0 Å². The molecule has 16 heavy (non-hydrogen) atoms. The number of nitrogens with zero attached hydrogens (tertiary/aromatic N) is 1. The Morgan fingerprint density at radius 3 is 2.94 bits per heavy atom. The number of aromatic nitrogens is 2. The molecule has 0 aliphatic carbocycles. The number of halogens is 1. The van der Waals surface area contributed by atoms with Gasteiger partial charge in [0.1, 0.15) is 5.75 Å². The summed E-state index contributed by atoms with van der Waals surface area (Å²) >= 11 is 5.95. The molecule has 0 saturated heterocycles. The topological polar surface area (TPSA) is 63.9 Å². The first-order valence-corrected chi connectivity index (χ1v) is 5.31. The summed E-state index contributed by atoms with van der Waals surface area (Å²) in [7, 11) is 0. The van der Waals surface area contributed by atoms with E-state index in [1.54, 1.807) is 12.3 Å². The van der Waals surface area contributed by atoms with Gasteiger partial charge in [0.15, 0.2) is 5.95 Å². The standard InChI is InChI=1S/C11H12ClN3O/c1-2-16-10-4-3-7(12)5-8(10)9-6-14-11(13)15-9/h3-6H,2H2,1H3,(H3,13,14,15). The Balaban J connectivity index is 2.48. The van der Waals surface area contributed by atoms with Gasteiger partial charge in [0.05, 0.1) is 18.5 Å². The third kappa shape index (κ3) is 2.12. The van der Waals surface area contributed by atoms with Crippen molar-refractivity contribution in [3.63, 3.8) is 0 Å². The van der Waals surface area contributed by atoms with Gasteiger partial charge < -0.3 is 15.5 Å². The van der Waals surface area contributed by atoms with Gasteiger partial charge in [-0.1, -0.05) is 11.6 Å². The lowest BCUT2D eigenvalue weighted by molar-refractivity contribution is 0.341. The lowest BCUT2D eigenvalue weighted by Crippen LogP contribution is -1.94. The Kier molecular flexibility index (Phi) is 3.01. The van der Waals surface area contributed by atoms with Crippen molar-refractivity contribution in [1.29, 1.82) is 0 Å². The summed E-state index contributed by atoms with van der Waals surface area (Å²) in [5, 5.41) is 0.645. The van der Waals surface area contributed by atoms with E-state index in [1.807, 2.05) is 19.1 Å². The number of anilines is 1. The van der Waals surface area contributed by atoms with Gasteiger partial charge in [-0.05, 0) is 25.1 Å². The van der Waals surface area contributed by atoms with Crippen molar-refractivity contribution in [2.24, 2.45) is 0 Å². The van der Waals surface area contributed by atoms with Gasteiger partial charge in [-0.25, -0.2) is 4.98 Å². The third-order valence-corrected chi connectivity index (χ3v) is 2.36. The molecule has 0 amide bonds. The highest BCUT2D eigenvalue weighted by Crippen LogP contribution is 2.31. The fraction of sp³-hybridized carbons (Fsp3) is 0.182. The average molecular weight is 238 g/mol. The Hall–Kier alpha value is -1.68. The van der Waals surface area contributed by atoms with E-state index in [0.29, 0.717) is 17.6 Å². The van der Waals surface area contributed by atoms with Crippen LogP contribution < -0.4 is 10.5 Å². The maximum atomic E-state index is 5.95. The molecule has 0 atom stereocenters. The number of H-pyrrole nitrogens is 1. The highest BCUT2D eigenvalue weighted by Gasteiger charge is 2.09. The lowest BCUT2D eigenvalue weighted by atomic mass is 10.1. The summed E-state index contributed by atoms with van der Waals surface area (Å²) in [6, 6.07) is 5.44. The van der Waals surface area contributed by atoms with Crippen LogP contribution in [0.25, 0.3) is 11.3 Å². The van der Waals surface area contributed by atoms with Crippen LogP contribution in [0, 0.1) is 0 Å². The van der Waals surface area contributed by atoms with Crippen LogP contribution in [0.3, 0.4) is 0 Å². The molecular formula is C11H12ClN3O. The molecule has 1 aromatic carbocycles. The summed E-state index contributed by atoms with van der Waals surface area (Å²) in [6.07, 6.45) is 1.66. The zero-order valence-corrected chi connectivity index (χ0v) is 9.58. The molecule has 5 heteroatoms. The van der Waals surface area contributed by atoms with E-state index >= 15 is 0 Å². The van der Waals surface area contributed by atoms with E-state index < -0.39 is 0 Å². The van der Waals surface area contributed by atoms with Crippen LogP contribution in [-0.4, -0.2) is 16.6 Å². The number of aromatic amines is 1. The fourth-order valence-corrected chi connectivity index (χ4v) is 1.64. The van der Waals surface area contributed by atoms with E-state index in [0.717, 1.165) is 17.0 Å². The van der Waals surface area contributed by atoms with Crippen LogP contribution in [0.1, 0.15) is 6.92 Å². The van der Waals surface area contributed by atoms with Crippen molar-refractivity contribution in [3.05, 3.63) is 29.4 Å². The smallest absolute Gasteiger partial charge is 0.197 e. The molecule has 4 nitrogen and oxygen atoms in total. The minimum atomic E-state index is 0.373. The monoisotopic (exact) mass is 237 g/mol. The predicted octanol–water partition coefficient (Wildman–Crippen LogP) is 2.71. The van der Waals surface area contributed by atoms with Crippen LogP contribution >= 0.6 is 11.6 Å². The quantitative estimate of drug-likeness (QED) is 0.863. The van der Waals surface area contributed by atoms with E-state index in [4.69, 9.17) is 22.1 Å². The number of imidazole rings is 1. The number of nitrogens with two attached hydrogens (primary N) is 1. The molecule has 0 radical (unpaired) electrons. The molecule has 0 saturated carbocycles. The summed E-state index contributed by atoms with van der Waals surface area (Å²) in [4.78, 5) is 6.89. The summed E-state index contributed by atoms with van der Waals surface area (Å²) in [5.74, 6) is 1.13. The molecule has 2 aromatic rings. The molecule has 1 heterocycles. The number of rotatable bonds is 3. The zero-order chi connectivity index (χ0) is 11.5. The molecule has 0 bridgehead atoms. The first-order chi connectivity index (χ1) is 7.70. The summed E-state index contributed by atoms with van der Waals surface area (Å²) < 4.78 is 5.51. The van der Waals surface area contributed by atoms with E-state index in [1.165, 1.54) is 0 Å². The van der Waals surface area contributed by atoms with Crippen molar-refractivity contribution < 1.29 is 4.74 Å². The number of benzene rings is 1. The van der Waals surface area contributed by atoms with Gasteiger partial charge in [-0.2, -0.15) is 0 Å². The molecule has 1 aromatic heterocycles. The second-order valence-electron chi connectivity index (χ2n) is 3.26. The van der Waals surface area contributed by atoms with E-state index in [2.05, 4.69) is 9.97 Å². The summed E-state index contributed by atoms with van der Waals surface area (Å²) in [5.41, 5.74) is 7.19. The average Bonchev–Trinajstić information content (AvgIpc) is 2.68. The van der Waals surface area contributed by atoms with Crippen LogP contribution in [0.2, 0.25) is 5.02 Å². The lowest BCUT2D eigenvalue weighted by Gasteiger charge is -2.08. The van der Waals surface area contributed by atoms with E-state index in [9.17, 15) is 0 Å². The number of nitrogen functional groups attached to an aromatic ring is 1. The Morgan fingerprint density at radius 1 is 1.50 bits per heavy atom. The molecule has 0 aliphatic heterocycles. The van der Waals surface area contributed by atoms with Gasteiger partial charge in [0.25, 0.3) is 0 Å². The van der Waals surface area contributed by atoms with Crippen molar-refractivity contribution >= 4 is 17.5 Å². The molecule has 2 rings (SSSR count). The predicted molar refractivity (Wildman–Crippen MR) is 64.6 cm³/mol. The maximum absolute atomic E-state index is 5.95. The number of hydrogen-bond acceptors (Lipinski definition) is 3. The molecule has 84 valence electrons. The summed E-state index contributed by atoms with van der Waals surface area (Å²) in [6.45, 7) is 2.53. The number of ether oxygens (including phenoxy) is 1. The van der Waals surface area contributed by atoms with Gasteiger partial charge in [-0.3, -0.25) is 0 Å². The number of nitrogens with one attached hydrogen (secondary N) is 1. The molecular weight excluding hydrogens is 226 g/mol. The van der Waals surface area contributed by atoms with Crippen molar-refractivity contribution in [2.45, 2.75) is 6.92 Å². The molecule has 0 spiro atoms. The number of hydrogen-bond donors (Lipinski definition) is 2. The van der Waals surface area contributed by atoms with Gasteiger partial charge in [-0.15, -0.1) is 0 Å². The Labute approximate surface area is 98.4 Å². The maximum Gasteiger partial charge on any atom is 0.197 e. The first kappa shape index (κ1) is 10.8. The highest BCUT2D eigenvalue weighted by molar-refractivity contribution is 6.30. The Bertz CT molecular complexity index is 496. The van der Waals surface area contributed by atoms with Gasteiger partial charge in [0.2, 0.25) is 0 Å². The SMILES string of the molecule is CCOc1ccc(Cl)cc1-c1cnc(N)[nH]1. The minimum absolute atomic E-state index is 0.373. The van der Waals surface area contributed by atoms with Crippen LogP contribution in [0.5, 0.6) is 5.75 Å². The Morgan fingerprint density at radius 2 is 2.31 bits per heavy atom.